The van der Waals surface area contributed by atoms with Gasteiger partial charge in [0.25, 0.3) is 0 Å². The van der Waals surface area contributed by atoms with Gasteiger partial charge >= 0.3 is 0 Å². The van der Waals surface area contributed by atoms with E-state index in [1.165, 1.54) is 12.0 Å². The maximum atomic E-state index is 4.41. The van der Waals surface area contributed by atoms with Gasteiger partial charge in [-0.1, -0.05) is 30.3 Å². The number of aromatic nitrogens is 1. The highest BCUT2D eigenvalue weighted by Gasteiger charge is 2.25. The van der Waals surface area contributed by atoms with Crippen LogP contribution in [0, 0.1) is 0 Å². The van der Waals surface area contributed by atoms with Crippen LogP contribution < -0.4 is 5.32 Å². The lowest BCUT2D eigenvalue weighted by Gasteiger charge is -2.21. The van der Waals surface area contributed by atoms with Gasteiger partial charge in [-0.25, -0.2) is 4.98 Å². The fourth-order valence-corrected chi connectivity index (χ4v) is 3.33. The lowest BCUT2D eigenvalue weighted by molar-refractivity contribution is 0.485. The molecule has 5 heteroatoms. The quantitative estimate of drug-likeness (QED) is 0.700. The number of hydrogen-bond donors (Lipinski definition) is 1. The van der Waals surface area contributed by atoms with E-state index >= 15 is 0 Å². The van der Waals surface area contributed by atoms with Crippen molar-refractivity contribution in [3.05, 3.63) is 52.5 Å². The molecule has 0 saturated carbocycles. The van der Waals surface area contributed by atoms with E-state index in [1.54, 1.807) is 11.3 Å². The molecular formula is C16H20N4S. The minimum Gasteiger partial charge on any atom is -0.350 e. The molecule has 0 aliphatic carbocycles. The fourth-order valence-electron chi connectivity index (χ4n) is 2.78. The second-order valence-corrected chi connectivity index (χ2v) is 6.15. The van der Waals surface area contributed by atoms with Crippen molar-refractivity contribution >= 4 is 17.3 Å². The number of nitrogens with zero attached hydrogens (tertiary/aromatic N) is 3. The van der Waals surface area contributed by atoms with Crippen molar-refractivity contribution in [2.45, 2.75) is 18.9 Å². The summed E-state index contributed by atoms with van der Waals surface area (Å²) in [7, 11) is 1.85. The Morgan fingerprint density at radius 3 is 3.00 bits per heavy atom. The van der Waals surface area contributed by atoms with Crippen LogP contribution in [0.3, 0.4) is 0 Å². The monoisotopic (exact) mass is 300 g/mol. The minimum atomic E-state index is 0.601. The van der Waals surface area contributed by atoms with Gasteiger partial charge in [-0.05, 0) is 12.0 Å². The first kappa shape index (κ1) is 14.1. The molecule has 4 nitrogen and oxygen atoms in total. The molecule has 0 spiro atoms. The summed E-state index contributed by atoms with van der Waals surface area (Å²) in [5, 5.41) is 6.50. The van der Waals surface area contributed by atoms with Gasteiger partial charge in [-0.2, -0.15) is 0 Å². The number of rotatable bonds is 3. The average Bonchev–Trinajstić information content (AvgIpc) is 3.20. The standard InChI is InChI=1S/C16H20N4S/c1-17-16(19-11-15-18-8-10-21-15)20-9-7-14(12-20)13-5-3-2-4-6-13/h2-6,8,10,14H,7,9,11-12H2,1H3,(H,17,19). The van der Waals surface area contributed by atoms with Crippen molar-refractivity contribution in [1.29, 1.82) is 0 Å². The van der Waals surface area contributed by atoms with Crippen LogP contribution in [0.4, 0.5) is 0 Å². The molecule has 3 rings (SSSR count). The molecule has 0 amide bonds. The zero-order chi connectivity index (χ0) is 14.5. The van der Waals surface area contributed by atoms with E-state index in [0.717, 1.165) is 30.6 Å². The van der Waals surface area contributed by atoms with Crippen LogP contribution in [0.1, 0.15) is 22.9 Å². The third kappa shape index (κ3) is 3.42. The van der Waals surface area contributed by atoms with E-state index in [4.69, 9.17) is 0 Å². The van der Waals surface area contributed by atoms with Crippen LogP contribution in [-0.2, 0) is 6.54 Å². The summed E-state index contributed by atoms with van der Waals surface area (Å²) < 4.78 is 0. The summed E-state index contributed by atoms with van der Waals surface area (Å²) in [6, 6.07) is 10.8. The van der Waals surface area contributed by atoms with E-state index in [0.29, 0.717) is 5.92 Å². The lowest BCUT2D eigenvalue weighted by Crippen LogP contribution is -2.39. The van der Waals surface area contributed by atoms with Crippen molar-refractivity contribution in [2.75, 3.05) is 20.1 Å². The Labute approximate surface area is 129 Å². The number of aliphatic imine (C=N–C) groups is 1. The molecule has 21 heavy (non-hydrogen) atoms. The zero-order valence-electron chi connectivity index (χ0n) is 12.2. The van der Waals surface area contributed by atoms with Gasteiger partial charge in [-0.15, -0.1) is 11.3 Å². The average molecular weight is 300 g/mol. The maximum Gasteiger partial charge on any atom is 0.194 e. The molecule has 0 radical (unpaired) electrons. The molecule has 0 bridgehead atoms. The predicted octanol–water partition coefficient (Wildman–Crippen LogP) is 2.71. The van der Waals surface area contributed by atoms with Crippen molar-refractivity contribution < 1.29 is 0 Å². The summed E-state index contributed by atoms with van der Waals surface area (Å²) in [5.74, 6) is 1.58. The van der Waals surface area contributed by atoms with E-state index in [1.807, 2.05) is 18.6 Å². The van der Waals surface area contributed by atoms with Gasteiger partial charge in [0.05, 0.1) is 6.54 Å². The Morgan fingerprint density at radius 2 is 2.29 bits per heavy atom. The highest BCUT2D eigenvalue weighted by atomic mass is 32.1. The number of thiazole rings is 1. The minimum absolute atomic E-state index is 0.601. The molecule has 1 atom stereocenters. The molecule has 1 aromatic heterocycles. The largest absolute Gasteiger partial charge is 0.350 e. The van der Waals surface area contributed by atoms with E-state index < -0.39 is 0 Å². The van der Waals surface area contributed by atoms with E-state index in [-0.39, 0.29) is 0 Å². The number of hydrogen-bond acceptors (Lipinski definition) is 3. The molecule has 110 valence electrons. The van der Waals surface area contributed by atoms with Crippen LogP contribution >= 0.6 is 11.3 Å². The van der Waals surface area contributed by atoms with Crippen molar-refractivity contribution in [1.82, 2.24) is 15.2 Å². The number of benzene rings is 1. The first-order chi connectivity index (χ1) is 10.4. The van der Waals surface area contributed by atoms with Gasteiger partial charge in [0.15, 0.2) is 5.96 Å². The van der Waals surface area contributed by atoms with Crippen molar-refractivity contribution in [2.24, 2.45) is 4.99 Å². The Bertz CT molecular complexity index is 580. The van der Waals surface area contributed by atoms with Gasteiger partial charge in [0, 0.05) is 37.6 Å². The summed E-state index contributed by atoms with van der Waals surface area (Å²) in [5.41, 5.74) is 1.43. The first-order valence-corrected chi connectivity index (χ1v) is 8.13. The van der Waals surface area contributed by atoms with Crippen LogP contribution in [0.25, 0.3) is 0 Å². The number of likely N-dealkylation sites (tertiary alicyclic amines) is 1. The molecule has 2 heterocycles. The molecule has 1 fully saturated rings. The number of nitrogens with one attached hydrogen (secondary N) is 1. The maximum absolute atomic E-state index is 4.41. The summed E-state index contributed by atoms with van der Waals surface area (Å²) in [6.45, 7) is 2.83. The SMILES string of the molecule is CN=C(NCc1nccs1)N1CCC(c2ccccc2)C1. The Kier molecular flexibility index (Phi) is 4.50. The molecule has 2 aromatic rings. The summed E-state index contributed by atoms with van der Waals surface area (Å²) >= 11 is 1.67. The second-order valence-electron chi connectivity index (χ2n) is 5.17. The van der Waals surface area contributed by atoms with Gasteiger partial charge in [0.1, 0.15) is 5.01 Å². The van der Waals surface area contributed by atoms with Crippen LogP contribution in [0.15, 0.2) is 46.9 Å². The molecule has 1 aliphatic heterocycles. The third-order valence-electron chi connectivity index (χ3n) is 3.85. The second kappa shape index (κ2) is 6.72. The third-order valence-corrected chi connectivity index (χ3v) is 4.63. The van der Waals surface area contributed by atoms with E-state index in [2.05, 4.69) is 50.5 Å². The normalized spacial score (nSPS) is 19.0. The summed E-state index contributed by atoms with van der Waals surface area (Å²) in [4.78, 5) is 11.0. The van der Waals surface area contributed by atoms with Gasteiger partial charge < -0.3 is 10.2 Å². The molecule has 1 N–H and O–H groups in total. The molecule has 1 aliphatic rings. The Balaban J connectivity index is 1.59. The fraction of sp³-hybridized carbons (Fsp3) is 0.375. The van der Waals surface area contributed by atoms with E-state index in [9.17, 15) is 0 Å². The molecule has 1 saturated heterocycles. The molecular weight excluding hydrogens is 280 g/mol. The Morgan fingerprint density at radius 1 is 1.43 bits per heavy atom. The van der Waals surface area contributed by atoms with Crippen molar-refractivity contribution in [3.8, 4) is 0 Å². The van der Waals surface area contributed by atoms with Crippen LogP contribution in [-0.4, -0.2) is 36.0 Å². The number of guanidine groups is 1. The van der Waals surface area contributed by atoms with Crippen LogP contribution in [0.5, 0.6) is 0 Å². The van der Waals surface area contributed by atoms with Gasteiger partial charge in [-0.3, -0.25) is 4.99 Å². The van der Waals surface area contributed by atoms with Gasteiger partial charge in [0.2, 0.25) is 0 Å². The lowest BCUT2D eigenvalue weighted by atomic mass is 9.99. The zero-order valence-corrected chi connectivity index (χ0v) is 13.0. The molecule has 1 aromatic carbocycles. The first-order valence-electron chi connectivity index (χ1n) is 7.25. The Hall–Kier alpha value is -1.88. The highest BCUT2D eigenvalue weighted by Crippen LogP contribution is 2.26. The summed E-state index contributed by atoms with van der Waals surface area (Å²) in [6.07, 6.45) is 3.02. The topological polar surface area (TPSA) is 40.5 Å². The highest BCUT2D eigenvalue weighted by molar-refractivity contribution is 7.09. The van der Waals surface area contributed by atoms with Crippen LogP contribution in [0.2, 0.25) is 0 Å². The van der Waals surface area contributed by atoms with Crippen molar-refractivity contribution in [3.63, 3.8) is 0 Å². The smallest absolute Gasteiger partial charge is 0.194 e. The molecule has 1 unspecified atom stereocenters. The predicted molar refractivity (Wildman–Crippen MR) is 87.7 cm³/mol.